The molecule has 4 nitrogen and oxygen atoms in total. The van der Waals surface area contributed by atoms with Gasteiger partial charge in [-0.1, -0.05) is 6.92 Å². The predicted molar refractivity (Wildman–Crippen MR) is 82.9 cm³/mol. The van der Waals surface area contributed by atoms with E-state index < -0.39 is 0 Å². The SMILES string of the molecule is CCCN(Cc1cnc(N)s1)CC1CCCCO1.Cl. The van der Waals surface area contributed by atoms with E-state index in [0.29, 0.717) is 11.2 Å². The Morgan fingerprint density at radius 1 is 1.53 bits per heavy atom. The van der Waals surface area contributed by atoms with E-state index in [1.54, 1.807) is 11.3 Å². The van der Waals surface area contributed by atoms with Gasteiger partial charge >= 0.3 is 0 Å². The van der Waals surface area contributed by atoms with Crippen LogP contribution >= 0.6 is 23.7 Å². The molecule has 0 bridgehead atoms. The van der Waals surface area contributed by atoms with Gasteiger partial charge in [0.2, 0.25) is 0 Å². The third-order valence-electron chi connectivity index (χ3n) is 3.23. The maximum atomic E-state index is 5.82. The first-order chi connectivity index (χ1) is 8.78. The Labute approximate surface area is 125 Å². The fraction of sp³-hybridized carbons (Fsp3) is 0.769. The van der Waals surface area contributed by atoms with Gasteiger partial charge in [-0.25, -0.2) is 4.98 Å². The van der Waals surface area contributed by atoms with E-state index in [-0.39, 0.29) is 12.4 Å². The Balaban J connectivity index is 0.00000180. The minimum absolute atomic E-state index is 0. The number of hydrogen-bond donors (Lipinski definition) is 1. The number of rotatable bonds is 6. The van der Waals surface area contributed by atoms with E-state index in [1.807, 2.05) is 6.20 Å². The van der Waals surface area contributed by atoms with Crippen LogP contribution in [0.15, 0.2) is 6.20 Å². The van der Waals surface area contributed by atoms with Crippen LogP contribution in [-0.2, 0) is 11.3 Å². The first kappa shape index (κ1) is 16.7. The van der Waals surface area contributed by atoms with Gasteiger partial charge in [0.05, 0.1) is 6.10 Å². The zero-order valence-corrected chi connectivity index (χ0v) is 13.1. The van der Waals surface area contributed by atoms with Gasteiger partial charge in [-0.3, -0.25) is 4.90 Å². The number of aromatic nitrogens is 1. The topological polar surface area (TPSA) is 51.4 Å². The molecule has 0 radical (unpaired) electrons. The van der Waals surface area contributed by atoms with Crippen LogP contribution in [0.4, 0.5) is 5.13 Å². The maximum absolute atomic E-state index is 5.82. The summed E-state index contributed by atoms with van der Waals surface area (Å²) >= 11 is 1.59. The third-order valence-corrected chi connectivity index (χ3v) is 4.04. The summed E-state index contributed by atoms with van der Waals surface area (Å²) in [7, 11) is 0. The lowest BCUT2D eigenvalue weighted by Gasteiger charge is -2.29. The van der Waals surface area contributed by atoms with Gasteiger partial charge in [0.1, 0.15) is 0 Å². The monoisotopic (exact) mass is 305 g/mol. The molecule has 2 heterocycles. The number of ether oxygens (including phenoxy) is 1. The lowest BCUT2D eigenvalue weighted by Crippen LogP contribution is -2.35. The van der Waals surface area contributed by atoms with Crippen molar-refractivity contribution in [3.8, 4) is 0 Å². The van der Waals surface area contributed by atoms with Crippen LogP contribution in [-0.4, -0.2) is 35.7 Å². The molecule has 110 valence electrons. The van der Waals surface area contributed by atoms with Crippen molar-refractivity contribution >= 4 is 28.9 Å². The van der Waals surface area contributed by atoms with E-state index in [4.69, 9.17) is 10.5 Å². The van der Waals surface area contributed by atoms with Crippen molar-refractivity contribution < 1.29 is 4.74 Å². The molecule has 1 aliphatic rings. The Bertz CT molecular complexity index is 355. The van der Waals surface area contributed by atoms with Gasteiger partial charge in [-0.05, 0) is 32.2 Å². The van der Waals surface area contributed by atoms with E-state index in [1.165, 1.54) is 30.6 Å². The standard InChI is InChI=1S/C13H23N3OS.ClH/c1-2-6-16(9-11-5-3-4-7-17-11)10-12-8-15-13(14)18-12;/h8,11H,2-7,9-10H2,1H3,(H2,14,15);1H. The highest BCUT2D eigenvalue weighted by molar-refractivity contribution is 7.15. The summed E-state index contributed by atoms with van der Waals surface area (Å²) in [6, 6.07) is 0. The predicted octanol–water partition coefficient (Wildman–Crippen LogP) is 2.93. The fourth-order valence-electron chi connectivity index (χ4n) is 2.41. The molecule has 1 aliphatic heterocycles. The zero-order valence-electron chi connectivity index (χ0n) is 11.5. The molecule has 1 atom stereocenters. The molecular weight excluding hydrogens is 282 g/mol. The third kappa shape index (κ3) is 5.65. The number of anilines is 1. The van der Waals surface area contributed by atoms with Crippen LogP contribution in [0.2, 0.25) is 0 Å². The molecule has 6 heteroatoms. The number of nitrogens with two attached hydrogens (primary N) is 1. The molecule has 1 fully saturated rings. The van der Waals surface area contributed by atoms with Gasteiger partial charge < -0.3 is 10.5 Å². The molecule has 0 aromatic carbocycles. The van der Waals surface area contributed by atoms with Crippen molar-refractivity contribution in [2.24, 2.45) is 0 Å². The molecule has 0 aliphatic carbocycles. The molecule has 1 unspecified atom stereocenters. The molecule has 1 saturated heterocycles. The Kier molecular flexibility index (Phi) is 7.68. The van der Waals surface area contributed by atoms with Crippen LogP contribution in [0.25, 0.3) is 0 Å². The van der Waals surface area contributed by atoms with Crippen molar-refractivity contribution in [2.45, 2.75) is 45.3 Å². The maximum Gasteiger partial charge on any atom is 0.180 e. The highest BCUT2D eigenvalue weighted by Crippen LogP contribution is 2.19. The second-order valence-electron chi connectivity index (χ2n) is 4.89. The van der Waals surface area contributed by atoms with Gasteiger partial charge in [0, 0.05) is 30.8 Å². The Hall–Kier alpha value is -0.360. The number of thiazole rings is 1. The van der Waals surface area contributed by atoms with Gasteiger partial charge in [-0.2, -0.15) is 0 Å². The van der Waals surface area contributed by atoms with E-state index in [0.717, 1.165) is 26.2 Å². The quantitative estimate of drug-likeness (QED) is 0.878. The minimum atomic E-state index is 0. The molecule has 19 heavy (non-hydrogen) atoms. The smallest absolute Gasteiger partial charge is 0.180 e. The number of nitrogens with zero attached hydrogens (tertiary/aromatic N) is 2. The van der Waals surface area contributed by atoms with E-state index in [2.05, 4.69) is 16.8 Å². The summed E-state index contributed by atoms with van der Waals surface area (Å²) < 4.78 is 5.82. The summed E-state index contributed by atoms with van der Waals surface area (Å²) in [5.41, 5.74) is 5.68. The van der Waals surface area contributed by atoms with Gasteiger partial charge in [0.15, 0.2) is 5.13 Å². The zero-order chi connectivity index (χ0) is 12.8. The average molecular weight is 306 g/mol. The molecule has 0 amide bonds. The van der Waals surface area contributed by atoms with Crippen molar-refractivity contribution in [1.82, 2.24) is 9.88 Å². The molecule has 1 aromatic heterocycles. The molecular formula is C13H24ClN3OS. The number of nitrogen functional groups attached to an aromatic ring is 1. The normalized spacial score (nSPS) is 19.4. The Morgan fingerprint density at radius 3 is 2.95 bits per heavy atom. The summed E-state index contributed by atoms with van der Waals surface area (Å²) in [4.78, 5) is 7.82. The van der Waals surface area contributed by atoms with Crippen LogP contribution in [0, 0.1) is 0 Å². The molecule has 2 N–H and O–H groups in total. The largest absolute Gasteiger partial charge is 0.377 e. The van der Waals surface area contributed by atoms with Crippen LogP contribution in [0.5, 0.6) is 0 Å². The summed E-state index contributed by atoms with van der Waals surface area (Å²) in [6.07, 6.45) is 7.19. The number of halogens is 1. The average Bonchev–Trinajstić information content (AvgIpc) is 2.76. The Morgan fingerprint density at radius 2 is 2.37 bits per heavy atom. The highest BCUT2D eigenvalue weighted by atomic mass is 35.5. The lowest BCUT2D eigenvalue weighted by atomic mass is 10.1. The van der Waals surface area contributed by atoms with Crippen LogP contribution in [0.3, 0.4) is 0 Å². The van der Waals surface area contributed by atoms with Crippen molar-refractivity contribution in [2.75, 3.05) is 25.4 Å². The summed E-state index contributed by atoms with van der Waals surface area (Å²) in [5, 5.41) is 0.662. The van der Waals surface area contributed by atoms with Crippen molar-refractivity contribution in [3.63, 3.8) is 0 Å². The summed E-state index contributed by atoms with van der Waals surface area (Å²) in [6.45, 7) is 6.24. The van der Waals surface area contributed by atoms with Crippen LogP contribution in [0.1, 0.15) is 37.5 Å². The van der Waals surface area contributed by atoms with E-state index in [9.17, 15) is 0 Å². The fourth-order valence-corrected chi connectivity index (χ4v) is 3.13. The highest BCUT2D eigenvalue weighted by Gasteiger charge is 2.18. The first-order valence-corrected chi connectivity index (χ1v) is 7.63. The lowest BCUT2D eigenvalue weighted by molar-refractivity contribution is -0.00698. The van der Waals surface area contributed by atoms with Gasteiger partial charge in [0.25, 0.3) is 0 Å². The molecule has 2 rings (SSSR count). The van der Waals surface area contributed by atoms with Crippen LogP contribution < -0.4 is 5.73 Å². The molecule has 0 spiro atoms. The number of hydrogen-bond acceptors (Lipinski definition) is 5. The molecule has 1 aromatic rings. The second kappa shape index (κ2) is 8.74. The summed E-state index contributed by atoms with van der Waals surface area (Å²) in [5.74, 6) is 0. The van der Waals surface area contributed by atoms with Gasteiger partial charge in [-0.15, -0.1) is 23.7 Å². The molecule has 0 saturated carbocycles. The van der Waals surface area contributed by atoms with Crippen molar-refractivity contribution in [3.05, 3.63) is 11.1 Å². The minimum Gasteiger partial charge on any atom is -0.377 e. The second-order valence-corrected chi connectivity index (χ2v) is 6.04. The van der Waals surface area contributed by atoms with E-state index >= 15 is 0 Å². The first-order valence-electron chi connectivity index (χ1n) is 6.82. The van der Waals surface area contributed by atoms with Crippen molar-refractivity contribution in [1.29, 1.82) is 0 Å².